The molecule has 1 fully saturated rings. The maximum absolute atomic E-state index is 10.5. The molecule has 0 radical (unpaired) electrons. The lowest BCUT2D eigenvalue weighted by Gasteiger charge is -2.17. The lowest BCUT2D eigenvalue weighted by Crippen LogP contribution is -2.44. The van der Waals surface area contributed by atoms with Gasteiger partial charge < -0.3 is 16.2 Å². The maximum atomic E-state index is 10.5. The van der Waals surface area contributed by atoms with E-state index in [-0.39, 0.29) is 0 Å². The fourth-order valence-electron chi connectivity index (χ4n) is 1.53. The molecule has 0 heterocycles. The highest BCUT2D eigenvalue weighted by molar-refractivity contribution is 5.73. The number of aliphatic carboxylic acids is 1. The smallest absolute Gasteiger partial charge is 0.321 e. The summed E-state index contributed by atoms with van der Waals surface area (Å²) in [5.74, 6) is -0.0627. The molecule has 4 nitrogen and oxygen atoms in total. The number of hydrogen-bond donors (Lipinski definition) is 3. The van der Waals surface area contributed by atoms with Crippen LogP contribution in [0.3, 0.4) is 0 Å². The Morgan fingerprint density at radius 3 is 2.71 bits per heavy atom. The molecule has 0 amide bonds. The summed E-state index contributed by atoms with van der Waals surface area (Å²) >= 11 is 0. The fourth-order valence-corrected chi connectivity index (χ4v) is 1.53. The van der Waals surface area contributed by atoms with Crippen LogP contribution in [0.5, 0.6) is 0 Å². The van der Waals surface area contributed by atoms with Gasteiger partial charge in [-0.05, 0) is 18.8 Å². The molecule has 4 N–H and O–H groups in total. The van der Waals surface area contributed by atoms with Gasteiger partial charge in [-0.25, -0.2) is 0 Å². The van der Waals surface area contributed by atoms with Gasteiger partial charge in [0.25, 0.3) is 0 Å². The molecule has 2 unspecified atom stereocenters. The zero-order chi connectivity index (χ0) is 10.6. The van der Waals surface area contributed by atoms with Gasteiger partial charge in [-0.2, -0.15) is 0 Å². The number of rotatable bonds is 7. The molecule has 0 saturated heterocycles. The number of hydrogen-bond acceptors (Lipinski definition) is 3. The summed E-state index contributed by atoms with van der Waals surface area (Å²) in [6.45, 7) is 2.49. The summed E-state index contributed by atoms with van der Waals surface area (Å²) in [6, 6.07) is -0.337. The molecule has 82 valence electrons. The molecular formula is C10H20N2O2. The molecule has 4 heteroatoms. The van der Waals surface area contributed by atoms with Crippen LogP contribution in [0.15, 0.2) is 0 Å². The van der Waals surface area contributed by atoms with Gasteiger partial charge in [0, 0.05) is 12.6 Å². The van der Waals surface area contributed by atoms with E-state index in [1.165, 1.54) is 19.3 Å². The minimum Gasteiger partial charge on any atom is -0.480 e. The van der Waals surface area contributed by atoms with Gasteiger partial charge in [-0.15, -0.1) is 0 Å². The molecular weight excluding hydrogens is 180 g/mol. The lowest BCUT2D eigenvalue weighted by atomic mass is 10.1. The minimum atomic E-state index is -0.932. The summed E-state index contributed by atoms with van der Waals surface area (Å²) in [7, 11) is 0. The maximum Gasteiger partial charge on any atom is 0.321 e. The van der Waals surface area contributed by atoms with E-state index in [0.29, 0.717) is 12.6 Å². The van der Waals surface area contributed by atoms with Gasteiger partial charge in [-0.1, -0.05) is 19.8 Å². The Hall–Kier alpha value is -0.610. The van der Waals surface area contributed by atoms with E-state index in [1.54, 1.807) is 0 Å². The van der Waals surface area contributed by atoms with Crippen LogP contribution in [-0.2, 0) is 4.79 Å². The summed E-state index contributed by atoms with van der Waals surface area (Å²) in [5, 5.41) is 11.8. The van der Waals surface area contributed by atoms with E-state index in [4.69, 9.17) is 10.8 Å². The van der Waals surface area contributed by atoms with E-state index < -0.39 is 12.0 Å². The Kier molecular flexibility index (Phi) is 4.35. The van der Waals surface area contributed by atoms with Crippen LogP contribution in [0, 0.1) is 5.92 Å². The SMILES string of the molecule is CCC(CC1CC1)NCC(N)C(=O)O. The third-order valence-electron chi connectivity index (χ3n) is 2.75. The number of carboxylic acids is 1. The molecule has 1 aliphatic rings. The van der Waals surface area contributed by atoms with Crippen molar-refractivity contribution in [3.05, 3.63) is 0 Å². The molecule has 0 aromatic rings. The van der Waals surface area contributed by atoms with Gasteiger partial charge in [-0.3, -0.25) is 4.79 Å². The van der Waals surface area contributed by atoms with Gasteiger partial charge in [0.15, 0.2) is 0 Å². The van der Waals surface area contributed by atoms with Crippen LogP contribution in [0.25, 0.3) is 0 Å². The second kappa shape index (κ2) is 5.32. The predicted octanol–water partition coefficient (Wildman–Crippen LogP) is 0.567. The second-order valence-corrected chi connectivity index (χ2v) is 4.14. The second-order valence-electron chi connectivity index (χ2n) is 4.14. The first-order valence-corrected chi connectivity index (χ1v) is 5.35. The fraction of sp³-hybridized carbons (Fsp3) is 0.900. The first-order chi connectivity index (χ1) is 6.63. The average Bonchev–Trinajstić information content (AvgIpc) is 2.95. The third-order valence-corrected chi connectivity index (χ3v) is 2.75. The standard InChI is InChI=1S/C10H20N2O2/c1-2-8(5-7-3-4-7)12-6-9(11)10(13)14/h7-9,12H,2-6,11H2,1H3,(H,13,14). The molecule has 0 aromatic heterocycles. The number of nitrogens with two attached hydrogens (primary N) is 1. The van der Waals surface area contributed by atoms with E-state index in [9.17, 15) is 4.79 Å². The first kappa shape index (κ1) is 11.5. The Morgan fingerprint density at radius 1 is 1.64 bits per heavy atom. The zero-order valence-corrected chi connectivity index (χ0v) is 8.70. The van der Waals surface area contributed by atoms with Gasteiger partial charge in [0.2, 0.25) is 0 Å². The molecule has 0 bridgehead atoms. The minimum absolute atomic E-state index is 0.376. The number of carbonyl (C=O) groups is 1. The molecule has 2 atom stereocenters. The molecule has 0 aliphatic heterocycles. The van der Waals surface area contributed by atoms with Gasteiger partial charge >= 0.3 is 5.97 Å². The molecule has 1 saturated carbocycles. The van der Waals surface area contributed by atoms with Crippen molar-refractivity contribution in [3.8, 4) is 0 Å². The van der Waals surface area contributed by atoms with E-state index >= 15 is 0 Å². The number of nitrogens with one attached hydrogen (secondary N) is 1. The highest BCUT2D eigenvalue weighted by Crippen LogP contribution is 2.33. The average molecular weight is 200 g/mol. The summed E-state index contributed by atoms with van der Waals surface area (Å²) < 4.78 is 0. The van der Waals surface area contributed by atoms with Gasteiger partial charge in [0.05, 0.1) is 0 Å². The molecule has 1 rings (SSSR count). The summed E-state index contributed by atoms with van der Waals surface area (Å²) in [6.07, 6.45) is 4.89. The summed E-state index contributed by atoms with van der Waals surface area (Å²) in [5.41, 5.74) is 5.40. The Labute approximate surface area is 84.9 Å². The van der Waals surface area contributed by atoms with Crippen molar-refractivity contribution in [1.82, 2.24) is 5.32 Å². The highest BCUT2D eigenvalue weighted by atomic mass is 16.4. The zero-order valence-electron chi connectivity index (χ0n) is 8.70. The number of carboxylic acid groups (broad SMARTS) is 1. The van der Waals surface area contributed by atoms with Crippen LogP contribution in [0.1, 0.15) is 32.6 Å². The van der Waals surface area contributed by atoms with Crippen molar-refractivity contribution >= 4 is 5.97 Å². The first-order valence-electron chi connectivity index (χ1n) is 5.35. The van der Waals surface area contributed by atoms with Crippen molar-refractivity contribution in [3.63, 3.8) is 0 Å². The molecule has 0 spiro atoms. The molecule has 1 aliphatic carbocycles. The van der Waals surface area contributed by atoms with Crippen LogP contribution >= 0.6 is 0 Å². The topological polar surface area (TPSA) is 75.3 Å². The monoisotopic (exact) mass is 200 g/mol. The third kappa shape index (κ3) is 4.07. The summed E-state index contributed by atoms with van der Waals surface area (Å²) in [4.78, 5) is 10.5. The van der Waals surface area contributed by atoms with E-state index in [0.717, 1.165) is 12.3 Å². The Balaban J connectivity index is 2.15. The molecule has 14 heavy (non-hydrogen) atoms. The van der Waals surface area contributed by atoms with Crippen LogP contribution in [0.2, 0.25) is 0 Å². The normalized spacial score (nSPS) is 20.4. The quantitative estimate of drug-likeness (QED) is 0.561. The van der Waals surface area contributed by atoms with Crippen molar-refractivity contribution in [2.75, 3.05) is 6.54 Å². The van der Waals surface area contributed by atoms with E-state index in [1.807, 2.05) is 0 Å². The van der Waals surface area contributed by atoms with E-state index in [2.05, 4.69) is 12.2 Å². The Morgan fingerprint density at radius 2 is 2.29 bits per heavy atom. The highest BCUT2D eigenvalue weighted by Gasteiger charge is 2.25. The van der Waals surface area contributed by atoms with Crippen molar-refractivity contribution in [2.24, 2.45) is 11.7 Å². The van der Waals surface area contributed by atoms with Crippen molar-refractivity contribution < 1.29 is 9.90 Å². The predicted molar refractivity (Wildman–Crippen MR) is 55.0 cm³/mol. The van der Waals surface area contributed by atoms with Crippen molar-refractivity contribution in [2.45, 2.75) is 44.7 Å². The van der Waals surface area contributed by atoms with Gasteiger partial charge in [0.1, 0.15) is 6.04 Å². The Bertz CT molecular complexity index is 193. The largest absolute Gasteiger partial charge is 0.480 e. The van der Waals surface area contributed by atoms with Crippen LogP contribution in [0.4, 0.5) is 0 Å². The van der Waals surface area contributed by atoms with Crippen molar-refractivity contribution in [1.29, 1.82) is 0 Å². The van der Waals surface area contributed by atoms with Crippen LogP contribution < -0.4 is 11.1 Å². The molecule has 0 aromatic carbocycles. The lowest BCUT2D eigenvalue weighted by molar-refractivity contribution is -0.138. The van der Waals surface area contributed by atoms with Crippen LogP contribution in [-0.4, -0.2) is 29.7 Å².